The highest BCUT2D eigenvalue weighted by atomic mass is 16.5. The van der Waals surface area contributed by atoms with Crippen LogP contribution in [0, 0.1) is 0 Å². The molecule has 1 aliphatic carbocycles. The van der Waals surface area contributed by atoms with Crippen molar-refractivity contribution in [3.05, 3.63) is 18.4 Å². The van der Waals surface area contributed by atoms with Gasteiger partial charge in [0.2, 0.25) is 0 Å². The summed E-state index contributed by atoms with van der Waals surface area (Å²) in [6, 6.07) is 0. The van der Waals surface area contributed by atoms with Crippen LogP contribution in [0.2, 0.25) is 0 Å². The molecule has 0 amide bonds. The van der Waals surface area contributed by atoms with Crippen molar-refractivity contribution in [1.82, 2.24) is 0 Å². The molecule has 0 N–H and O–H groups in total. The topological polar surface area (TPSA) is 9.23 Å². The highest BCUT2D eigenvalue weighted by molar-refractivity contribution is 5.02. The van der Waals surface area contributed by atoms with Crippen LogP contribution >= 0.6 is 0 Å². The summed E-state index contributed by atoms with van der Waals surface area (Å²) in [5.74, 6) is 0. The van der Waals surface area contributed by atoms with Crippen LogP contribution in [0.25, 0.3) is 0 Å². The number of ether oxygens (including phenoxy) is 1. The summed E-state index contributed by atoms with van der Waals surface area (Å²) in [4.78, 5) is 0. The predicted molar refractivity (Wildman–Crippen MR) is 41.9 cm³/mol. The van der Waals surface area contributed by atoms with Crippen LogP contribution < -0.4 is 0 Å². The predicted octanol–water partition coefficient (Wildman–Crippen LogP) is 2.29. The molecule has 0 aliphatic heterocycles. The second kappa shape index (κ2) is 3.05. The highest BCUT2D eigenvalue weighted by Gasteiger charge is 2.30. The molecular formula is C9H14O. The van der Waals surface area contributed by atoms with Crippen LogP contribution in [0.15, 0.2) is 18.4 Å². The smallest absolute Gasteiger partial charge is 0.0931 e. The summed E-state index contributed by atoms with van der Waals surface area (Å²) in [5, 5.41) is 0. The minimum Gasteiger partial charge on any atom is -0.374 e. The molecule has 56 valence electrons. The lowest BCUT2D eigenvalue weighted by molar-refractivity contribution is 0.0389. The van der Waals surface area contributed by atoms with Gasteiger partial charge in [-0.15, -0.1) is 5.73 Å². The van der Waals surface area contributed by atoms with Gasteiger partial charge in [0.1, 0.15) is 0 Å². The highest BCUT2D eigenvalue weighted by Crippen LogP contribution is 2.33. The summed E-state index contributed by atoms with van der Waals surface area (Å²) in [6.07, 6.45) is 6.76. The van der Waals surface area contributed by atoms with E-state index in [-0.39, 0.29) is 5.60 Å². The molecule has 0 spiro atoms. The van der Waals surface area contributed by atoms with E-state index in [0.29, 0.717) is 0 Å². The summed E-state index contributed by atoms with van der Waals surface area (Å²) in [5.41, 5.74) is 2.79. The minimum atomic E-state index is -0.0122. The van der Waals surface area contributed by atoms with E-state index in [0.717, 1.165) is 12.8 Å². The van der Waals surface area contributed by atoms with Gasteiger partial charge in [0.05, 0.1) is 5.60 Å². The Kier molecular flexibility index (Phi) is 2.31. The van der Waals surface area contributed by atoms with Crippen LogP contribution in [0.1, 0.15) is 25.7 Å². The Balaban J connectivity index is 2.66. The van der Waals surface area contributed by atoms with E-state index in [1.807, 2.05) is 6.08 Å². The minimum absolute atomic E-state index is 0.0122. The third-order valence-corrected chi connectivity index (χ3v) is 2.22. The first-order valence-corrected chi connectivity index (χ1v) is 3.75. The Hall–Kier alpha value is -0.520. The zero-order valence-corrected chi connectivity index (χ0v) is 6.52. The fourth-order valence-electron chi connectivity index (χ4n) is 1.57. The lowest BCUT2D eigenvalue weighted by Gasteiger charge is -2.21. The Morgan fingerprint density at radius 2 is 2.10 bits per heavy atom. The molecule has 0 unspecified atom stereocenters. The van der Waals surface area contributed by atoms with Gasteiger partial charge in [0.15, 0.2) is 0 Å². The second-order valence-electron chi connectivity index (χ2n) is 2.82. The van der Waals surface area contributed by atoms with Gasteiger partial charge >= 0.3 is 0 Å². The first kappa shape index (κ1) is 7.59. The summed E-state index contributed by atoms with van der Waals surface area (Å²) in [6.45, 7) is 3.56. The van der Waals surface area contributed by atoms with E-state index < -0.39 is 0 Å². The number of hydrogen-bond acceptors (Lipinski definition) is 1. The molecule has 0 bridgehead atoms. The van der Waals surface area contributed by atoms with E-state index >= 15 is 0 Å². The quantitative estimate of drug-likeness (QED) is 0.532. The molecule has 1 heteroatoms. The summed E-state index contributed by atoms with van der Waals surface area (Å²) >= 11 is 0. The lowest BCUT2D eigenvalue weighted by atomic mass is 10.0. The van der Waals surface area contributed by atoms with Crippen molar-refractivity contribution in [3.8, 4) is 0 Å². The Morgan fingerprint density at radius 3 is 2.50 bits per heavy atom. The number of methoxy groups -OCH3 is 1. The molecule has 1 nitrogen and oxygen atoms in total. The molecule has 0 aromatic carbocycles. The van der Waals surface area contributed by atoms with Crippen molar-refractivity contribution in [3.63, 3.8) is 0 Å². The first-order chi connectivity index (χ1) is 4.83. The maximum Gasteiger partial charge on any atom is 0.0931 e. The van der Waals surface area contributed by atoms with Gasteiger partial charge in [-0.1, -0.05) is 19.4 Å². The average Bonchev–Trinajstić information content (AvgIpc) is 2.39. The van der Waals surface area contributed by atoms with Crippen LogP contribution in [0.4, 0.5) is 0 Å². The molecule has 1 rings (SSSR count). The fraction of sp³-hybridized carbons (Fsp3) is 0.667. The van der Waals surface area contributed by atoms with Crippen LogP contribution in [-0.2, 0) is 4.74 Å². The molecular weight excluding hydrogens is 124 g/mol. The van der Waals surface area contributed by atoms with E-state index in [9.17, 15) is 0 Å². The zero-order chi connectivity index (χ0) is 7.45. The van der Waals surface area contributed by atoms with Gasteiger partial charge in [-0.25, -0.2) is 0 Å². The van der Waals surface area contributed by atoms with Crippen LogP contribution in [-0.4, -0.2) is 12.7 Å². The lowest BCUT2D eigenvalue weighted by Crippen LogP contribution is -2.23. The van der Waals surface area contributed by atoms with Gasteiger partial charge in [0.25, 0.3) is 0 Å². The second-order valence-corrected chi connectivity index (χ2v) is 2.82. The number of hydrogen-bond donors (Lipinski definition) is 0. The van der Waals surface area contributed by atoms with Gasteiger partial charge < -0.3 is 4.74 Å². The zero-order valence-electron chi connectivity index (χ0n) is 6.52. The summed E-state index contributed by atoms with van der Waals surface area (Å²) < 4.78 is 5.38. The molecule has 1 fully saturated rings. The van der Waals surface area contributed by atoms with Crippen molar-refractivity contribution in [2.45, 2.75) is 31.3 Å². The van der Waals surface area contributed by atoms with Gasteiger partial charge in [0, 0.05) is 7.11 Å². The van der Waals surface area contributed by atoms with Gasteiger partial charge in [-0.2, -0.15) is 0 Å². The Morgan fingerprint density at radius 1 is 1.50 bits per heavy atom. The molecule has 1 aliphatic rings. The fourth-order valence-corrected chi connectivity index (χ4v) is 1.57. The molecule has 0 aromatic rings. The molecule has 10 heavy (non-hydrogen) atoms. The van der Waals surface area contributed by atoms with Crippen molar-refractivity contribution in [2.75, 3.05) is 7.11 Å². The third-order valence-electron chi connectivity index (χ3n) is 2.22. The SMILES string of the molecule is C=C=CC1(OC)CCCC1. The normalized spacial score (nSPS) is 22.1. The van der Waals surface area contributed by atoms with Crippen molar-refractivity contribution in [1.29, 1.82) is 0 Å². The standard InChI is InChI=1S/C9H14O/c1-3-6-9(10-2)7-4-5-8-9/h6H,1,4-5,7-8H2,2H3. The molecule has 0 atom stereocenters. The molecule has 1 saturated carbocycles. The molecule has 0 radical (unpaired) electrons. The maximum absolute atomic E-state index is 5.38. The van der Waals surface area contributed by atoms with E-state index in [4.69, 9.17) is 4.74 Å². The molecule has 0 heterocycles. The molecule has 0 saturated heterocycles. The van der Waals surface area contributed by atoms with Gasteiger partial charge in [-0.05, 0) is 18.9 Å². The monoisotopic (exact) mass is 138 g/mol. The van der Waals surface area contributed by atoms with Crippen molar-refractivity contribution in [2.24, 2.45) is 0 Å². The van der Waals surface area contributed by atoms with Gasteiger partial charge in [-0.3, -0.25) is 0 Å². The third kappa shape index (κ3) is 1.31. The van der Waals surface area contributed by atoms with Crippen molar-refractivity contribution < 1.29 is 4.74 Å². The van der Waals surface area contributed by atoms with E-state index in [1.165, 1.54) is 12.8 Å². The largest absolute Gasteiger partial charge is 0.374 e. The van der Waals surface area contributed by atoms with Crippen molar-refractivity contribution >= 4 is 0 Å². The van der Waals surface area contributed by atoms with Crippen LogP contribution in [0.5, 0.6) is 0 Å². The maximum atomic E-state index is 5.38. The van der Waals surface area contributed by atoms with Crippen LogP contribution in [0.3, 0.4) is 0 Å². The van der Waals surface area contributed by atoms with E-state index in [2.05, 4.69) is 12.3 Å². The number of rotatable bonds is 2. The van der Waals surface area contributed by atoms with E-state index in [1.54, 1.807) is 7.11 Å². The average molecular weight is 138 g/mol. The Bertz CT molecular complexity index is 148. The summed E-state index contributed by atoms with van der Waals surface area (Å²) in [7, 11) is 1.76. The first-order valence-electron chi connectivity index (χ1n) is 3.75. The molecule has 0 aromatic heterocycles. The Labute approximate surface area is 62.4 Å².